The summed E-state index contributed by atoms with van der Waals surface area (Å²) in [5.41, 5.74) is 7.77. The van der Waals surface area contributed by atoms with Crippen molar-refractivity contribution in [2.24, 2.45) is 0 Å². The third-order valence-electron chi connectivity index (χ3n) is 5.49. The quantitative estimate of drug-likeness (QED) is 0.664. The molecule has 0 fully saturated rings. The molecule has 6 rings (SSSR count). The van der Waals surface area contributed by atoms with E-state index in [2.05, 4.69) is 46.9 Å². The number of hydrazine groups is 1. The lowest BCUT2D eigenvalue weighted by Crippen LogP contribution is -2.33. The van der Waals surface area contributed by atoms with Crippen molar-refractivity contribution in [3.05, 3.63) is 95.7 Å². The highest BCUT2D eigenvalue weighted by atomic mass is 16.7. The van der Waals surface area contributed by atoms with Crippen molar-refractivity contribution >= 4 is 11.8 Å². The van der Waals surface area contributed by atoms with E-state index < -0.39 is 0 Å². The number of rotatable bonds is 4. The Bertz CT molecular complexity index is 1190. The summed E-state index contributed by atoms with van der Waals surface area (Å²) in [6, 6.07) is 22.3. The highest BCUT2D eigenvalue weighted by Crippen LogP contribution is 2.39. The average molecular weight is 412 g/mol. The van der Waals surface area contributed by atoms with Gasteiger partial charge < -0.3 is 18.9 Å². The number of nitrogens with one attached hydrogen (secondary N) is 1. The zero-order valence-electron chi connectivity index (χ0n) is 16.7. The molecule has 3 aromatic rings. The first kappa shape index (κ1) is 17.8. The summed E-state index contributed by atoms with van der Waals surface area (Å²) in [6.07, 6.45) is 6.33. The van der Waals surface area contributed by atoms with Gasteiger partial charge in [0.1, 0.15) is 0 Å². The molecule has 1 N–H and O–H groups in total. The molecule has 3 aliphatic heterocycles. The van der Waals surface area contributed by atoms with Crippen LogP contribution in [0.15, 0.2) is 84.6 Å². The van der Waals surface area contributed by atoms with Crippen LogP contribution in [0.4, 0.5) is 5.69 Å². The van der Waals surface area contributed by atoms with Gasteiger partial charge in [0.05, 0.1) is 17.4 Å². The third-order valence-corrected chi connectivity index (χ3v) is 5.49. The van der Waals surface area contributed by atoms with Gasteiger partial charge in [-0.15, -0.1) is 0 Å². The van der Waals surface area contributed by atoms with Crippen molar-refractivity contribution < 1.29 is 18.9 Å². The zero-order chi connectivity index (χ0) is 20.6. The van der Waals surface area contributed by atoms with E-state index >= 15 is 0 Å². The SMILES string of the molecule is C1=C(/C=C/c2ccc3c(c2)OCO3)NN(c2ccccc2)[C@@H]1c1ccc2c(c1)OCO2. The molecule has 0 saturated heterocycles. The molecular weight excluding hydrogens is 392 g/mol. The highest BCUT2D eigenvalue weighted by molar-refractivity contribution is 5.61. The first-order valence-corrected chi connectivity index (χ1v) is 10.1. The Balaban J connectivity index is 1.32. The van der Waals surface area contributed by atoms with Crippen LogP contribution in [0, 0.1) is 0 Å². The Kier molecular flexibility index (Phi) is 4.20. The minimum absolute atomic E-state index is 0.00769. The molecule has 3 aliphatic rings. The molecule has 0 bridgehead atoms. The summed E-state index contributed by atoms with van der Waals surface area (Å²) >= 11 is 0. The average Bonchev–Trinajstić information content (AvgIpc) is 3.56. The topological polar surface area (TPSA) is 52.2 Å². The number of para-hydroxylation sites is 1. The summed E-state index contributed by atoms with van der Waals surface area (Å²) in [4.78, 5) is 0. The van der Waals surface area contributed by atoms with Crippen molar-refractivity contribution in [2.45, 2.75) is 6.04 Å². The second-order valence-electron chi connectivity index (χ2n) is 7.44. The standard InChI is InChI=1S/C25H20N2O4/c1-2-4-20(5-3-1)27-21(18-8-11-23-25(13-18)31-16-29-23)14-19(26-27)9-6-17-7-10-22-24(12-17)30-15-28-22/h1-14,21,26H,15-16H2/b9-6+/t21-/m0/s1. The molecule has 6 nitrogen and oxygen atoms in total. The van der Waals surface area contributed by atoms with Gasteiger partial charge >= 0.3 is 0 Å². The molecular formula is C25H20N2O4. The van der Waals surface area contributed by atoms with E-state index in [1.54, 1.807) is 0 Å². The number of nitrogens with zero attached hydrogens (tertiary/aromatic N) is 1. The summed E-state index contributed by atoms with van der Waals surface area (Å²) in [7, 11) is 0. The van der Waals surface area contributed by atoms with Crippen molar-refractivity contribution in [2.75, 3.05) is 18.6 Å². The van der Waals surface area contributed by atoms with Crippen LogP contribution in [-0.2, 0) is 0 Å². The van der Waals surface area contributed by atoms with E-state index in [-0.39, 0.29) is 19.6 Å². The Labute approximate surface area is 179 Å². The van der Waals surface area contributed by atoms with Crippen LogP contribution in [0.1, 0.15) is 17.2 Å². The number of benzene rings is 3. The molecule has 31 heavy (non-hydrogen) atoms. The Morgan fingerprint density at radius 2 is 1.45 bits per heavy atom. The molecule has 0 aromatic heterocycles. The molecule has 0 radical (unpaired) electrons. The normalized spacial score (nSPS) is 18.4. The number of allylic oxidation sites excluding steroid dienone is 1. The molecule has 0 amide bonds. The van der Waals surface area contributed by atoms with Gasteiger partial charge in [-0.2, -0.15) is 0 Å². The van der Waals surface area contributed by atoms with Gasteiger partial charge in [-0.1, -0.05) is 36.4 Å². The Morgan fingerprint density at radius 1 is 0.742 bits per heavy atom. The maximum atomic E-state index is 5.59. The minimum atomic E-state index is 0.00769. The predicted molar refractivity (Wildman–Crippen MR) is 117 cm³/mol. The Morgan fingerprint density at radius 3 is 2.26 bits per heavy atom. The van der Waals surface area contributed by atoms with E-state index in [0.717, 1.165) is 45.5 Å². The predicted octanol–water partition coefficient (Wildman–Crippen LogP) is 4.81. The first-order chi connectivity index (χ1) is 15.3. The van der Waals surface area contributed by atoms with Crippen LogP contribution >= 0.6 is 0 Å². The van der Waals surface area contributed by atoms with Crippen LogP contribution in [0.25, 0.3) is 6.08 Å². The van der Waals surface area contributed by atoms with Crippen LogP contribution in [0.2, 0.25) is 0 Å². The van der Waals surface area contributed by atoms with Crippen LogP contribution in [-0.4, -0.2) is 13.6 Å². The lowest BCUT2D eigenvalue weighted by Gasteiger charge is -2.27. The molecule has 0 aliphatic carbocycles. The number of anilines is 1. The monoisotopic (exact) mass is 412 g/mol. The molecule has 0 saturated carbocycles. The maximum Gasteiger partial charge on any atom is 0.231 e. The molecule has 3 aromatic carbocycles. The largest absolute Gasteiger partial charge is 0.454 e. The second-order valence-corrected chi connectivity index (χ2v) is 7.44. The van der Waals surface area contributed by atoms with Crippen molar-refractivity contribution in [3.63, 3.8) is 0 Å². The van der Waals surface area contributed by atoms with Crippen LogP contribution < -0.4 is 29.4 Å². The minimum Gasteiger partial charge on any atom is -0.454 e. The molecule has 0 spiro atoms. The number of hydrogen-bond acceptors (Lipinski definition) is 6. The highest BCUT2D eigenvalue weighted by Gasteiger charge is 2.27. The maximum absolute atomic E-state index is 5.59. The third kappa shape index (κ3) is 3.32. The lowest BCUT2D eigenvalue weighted by atomic mass is 10.0. The fourth-order valence-electron chi connectivity index (χ4n) is 3.94. The second kappa shape index (κ2) is 7.32. The van der Waals surface area contributed by atoms with Gasteiger partial charge in [0.2, 0.25) is 13.6 Å². The van der Waals surface area contributed by atoms with Gasteiger partial charge in [-0.05, 0) is 59.7 Å². The number of fused-ring (bicyclic) bond motifs is 2. The first-order valence-electron chi connectivity index (χ1n) is 10.1. The Hall–Kier alpha value is -4.06. The van der Waals surface area contributed by atoms with Crippen LogP contribution in [0.5, 0.6) is 23.0 Å². The van der Waals surface area contributed by atoms with E-state index in [0.29, 0.717) is 0 Å². The van der Waals surface area contributed by atoms with E-state index in [1.807, 2.05) is 48.5 Å². The van der Waals surface area contributed by atoms with Crippen molar-refractivity contribution in [1.29, 1.82) is 0 Å². The fourth-order valence-corrected chi connectivity index (χ4v) is 3.94. The summed E-state index contributed by atoms with van der Waals surface area (Å²) in [6.45, 7) is 0.544. The van der Waals surface area contributed by atoms with Crippen LogP contribution in [0.3, 0.4) is 0 Å². The van der Waals surface area contributed by atoms with Crippen molar-refractivity contribution in [1.82, 2.24) is 5.43 Å². The van der Waals surface area contributed by atoms with E-state index in [9.17, 15) is 0 Å². The molecule has 3 heterocycles. The van der Waals surface area contributed by atoms with Gasteiger partial charge in [0, 0.05) is 0 Å². The zero-order valence-corrected chi connectivity index (χ0v) is 16.7. The van der Waals surface area contributed by atoms with E-state index in [4.69, 9.17) is 18.9 Å². The smallest absolute Gasteiger partial charge is 0.231 e. The summed E-state index contributed by atoms with van der Waals surface area (Å²) in [5.74, 6) is 3.13. The summed E-state index contributed by atoms with van der Waals surface area (Å²) in [5, 5.41) is 2.15. The molecule has 6 heteroatoms. The van der Waals surface area contributed by atoms with Gasteiger partial charge in [0.15, 0.2) is 23.0 Å². The number of hydrogen-bond donors (Lipinski definition) is 1. The molecule has 0 unspecified atom stereocenters. The summed E-state index contributed by atoms with van der Waals surface area (Å²) < 4.78 is 21.9. The van der Waals surface area contributed by atoms with Gasteiger partial charge in [0.25, 0.3) is 0 Å². The number of ether oxygens (including phenoxy) is 4. The molecule has 1 atom stereocenters. The van der Waals surface area contributed by atoms with Gasteiger partial charge in [-0.25, -0.2) is 0 Å². The van der Waals surface area contributed by atoms with Crippen molar-refractivity contribution in [3.8, 4) is 23.0 Å². The van der Waals surface area contributed by atoms with E-state index in [1.165, 1.54) is 0 Å². The lowest BCUT2D eigenvalue weighted by molar-refractivity contribution is 0.173. The molecule has 154 valence electrons. The van der Waals surface area contributed by atoms with Gasteiger partial charge in [-0.3, -0.25) is 10.4 Å². The fraction of sp³-hybridized carbons (Fsp3) is 0.120.